The van der Waals surface area contributed by atoms with Crippen LogP contribution in [0, 0.1) is 51.2 Å². The second-order valence-corrected chi connectivity index (χ2v) is 18.0. The molecule has 9 unspecified atom stereocenters. The average molecular weight is 698 g/mol. The number of ether oxygens (including phenoxy) is 1. The number of hydrogen-bond acceptors (Lipinski definition) is 6. The van der Waals surface area contributed by atoms with Gasteiger partial charge in [-0.3, -0.25) is 14.6 Å². The lowest BCUT2D eigenvalue weighted by Gasteiger charge is -2.69. The molecule has 276 valence electrons. The third kappa shape index (κ3) is 6.11. The van der Waals surface area contributed by atoms with Crippen molar-refractivity contribution in [2.24, 2.45) is 51.2 Å². The molecular formula is C43H59N3O5. The first-order valence-corrected chi connectivity index (χ1v) is 19.7. The number of rotatable bonds is 8. The van der Waals surface area contributed by atoms with Gasteiger partial charge in [-0.1, -0.05) is 46.2 Å². The molecule has 7 rings (SSSR count). The van der Waals surface area contributed by atoms with Crippen LogP contribution in [0.1, 0.15) is 130 Å². The van der Waals surface area contributed by atoms with Crippen LogP contribution in [0.25, 0.3) is 0 Å². The van der Waals surface area contributed by atoms with Gasteiger partial charge in [-0.25, -0.2) is 4.79 Å². The maximum absolute atomic E-state index is 14.2. The van der Waals surface area contributed by atoms with E-state index in [9.17, 15) is 19.5 Å². The highest BCUT2D eigenvalue weighted by atomic mass is 16.5. The molecule has 8 heteroatoms. The lowest BCUT2D eigenvalue weighted by atomic mass is 9.36. The number of amides is 2. The first-order valence-electron chi connectivity index (χ1n) is 19.7. The highest BCUT2D eigenvalue weighted by molar-refractivity contribution is 5.94. The zero-order valence-electron chi connectivity index (χ0n) is 31.4. The topological polar surface area (TPSA) is 118 Å². The molecule has 3 N–H and O–H groups in total. The number of carbonyl (C=O) groups excluding carboxylic acids is 3. The summed E-state index contributed by atoms with van der Waals surface area (Å²) >= 11 is 0. The Labute approximate surface area is 304 Å². The van der Waals surface area contributed by atoms with Crippen molar-refractivity contribution in [2.45, 2.75) is 117 Å². The standard InChI is InChI=1S/C43H59N3O5/c1-40(2)34-16-20-41(3)32-15-22-43(19-7-10-33(43)31(32)13-14-35(41)42(34,4)21-17-36(40)47)39(50)44-23-18-27-8-6-9-28(24-27)37(48)46-26-30-12-11-29(25-45-30)38(49)51-5/h6,8-9,11-12,24-25,31-36,47H,7,10,13-23,26H2,1-5H3,(H,44,50)(H,46,48). The van der Waals surface area contributed by atoms with Crippen molar-refractivity contribution in [1.82, 2.24) is 15.6 Å². The van der Waals surface area contributed by atoms with E-state index in [2.05, 4.69) is 43.3 Å². The summed E-state index contributed by atoms with van der Waals surface area (Å²) in [7, 11) is 1.33. The van der Waals surface area contributed by atoms with Crippen molar-refractivity contribution < 1.29 is 24.2 Å². The van der Waals surface area contributed by atoms with Crippen LogP contribution in [0.3, 0.4) is 0 Å². The summed E-state index contributed by atoms with van der Waals surface area (Å²) in [5.74, 6) is 2.69. The van der Waals surface area contributed by atoms with E-state index in [-0.39, 0.29) is 40.7 Å². The summed E-state index contributed by atoms with van der Waals surface area (Å²) in [6.07, 6.45) is 14.5. The molecule has 0 radical (unpaired) electrons. The number of aliphatic hydroxyl groups is 1. The second kappa shape index (κ2) is 13.6. The smallest absolute Gasteiger partial charge is 0.339 e. The molecule has 1 aromatic carbocycles. The molecule has 0 spiro atoms. The van der Waals surface area contributed by atoms with Crippen molar-refractivity contribution in [3.8, 4) is 0 Å². The number of carbonyl (C=O) groups is 3. The molecule has 8 nitrogen and oxygen atoms in total. The van der Waals surface area contributed by atoms with Crippen LogP contribution in [-0.2, 0) is 22.5 Å². The molecule has 1 heterocycles. The fraction of sp³-hybridized carbons (Fsp3) is 0.674. The van der Waals surface area contributed by atoms with Crippen LogP contribution < -0.4 is 10.6 Å². The van der Waals surface area contributed by atoms with Gasteiger partial charge in [-0.05, 0) is 146 Å². The number of benzene rings is 1. The molecular weight excluding hydrogens is 638 g/mol. The minimum absolute atomic E-state index is 0.0237. The van der Waals surface area contributed by atoms with Crippen LogP contribution in [0.2, 0.25) is 0 Å². The number of methoxy groups -OCH3 is 1. The van der Waals surface area contributed by atoms with Gasteiger partial charge in [-0.15, -0.1) is 0 Å². The summed E-state index contributed by atoms with van der Waals surface area (Å²) in [5.41, 5.74) is 2.93. The van der Waals surface area contributed by atoms with Gasteiger partial charge in [0, 0.05) is 18.3 Å². The Morgan fingerprint density at radius 3 is 2.41 bits per heavy atom. The molecule has 9 atom stereocenters. The lowest BCUT2D eigenvalue weighted by Crippen LogP contribution is -2.63. The van der Waals surface area contributed by atoms with Gasteiger partial charge in [0.05, 0.1) is 36.4 Å². The van der Waals surface area contributed by atoms with Gasteiger partial charge >= 0.3 is 5.97 Å². The van der Waals surface area contributed by atoms with Gasteiger partial charge in [-0.2, -0.15) is 0 Å². The zero-order valence-corrected chi connectivity index (χ0v) is 31.4. The van der Waals surface area contributed by atoms with E-state index in [4.69, 9.17) is 4.74 Å². The van der Waals surface area contributed by atoms with Crippen molar-refractivity contribution in [3.05, 3.63) is 65.0 Å². The maximum Gasteiger partial charge on any atom is 0.339 e. The van der Waals surface area contributed by atoms with E-state index in [0.717, 1.165) is 44.1 Å². The third-order valence-electron chi connectivity index (χ3n) is 15.5. The Morgan fingerprint density at radius 2 is 1.65 bits per heavy atom. The van der Waals surface area contributed by atoms with Gasteiger partial charge in [0.25, 0.3) is 5.91 Å². The van der Waals surface area contributed by atoms with E-state index in [0.29, 0.717) is 64.8 Å². The number of nitrogens with one attached hydrogen (secondary N) is 2. The zero-order chi connectivity index (χ0) is 36.2. The van der Waals surface area contributed by atoms with Gasteiger partial charge < -0.3 is 20.5 Å². The molecule has 0 bridgehead atoms. The molecule has 0 aliphatic heterocycles. The SMILES string of the molecule is COC(=O)c1ccc(CNC(=O)c2cccc(CCNC(=O)C34CCCC3C3CCC5C(C)(CCC6C(C)(C)C(O)CCC65C)C3CC4)c2)nc1. The Hall–Kier alpha value is -3.26. The minimum atomic E-state index is -0.448. The molecule has 0 saturated heterocycles. The summed E-state index contributed by atoms with van der Waals surface area (Å²) in [5, 5.41) is 17.3. The van der Waals surface area contributed by atoms with Crippen LogP contribution in [0.15, 0.2) is 42.6 Å². The molecule has 5 aliphatic carbocycles. The van der Waals surface area contributed by atoms with Crippen LogP contribution in [0.5, 0.6) is 0 Å². The molecule has 2 aromatic rings. The molecule has 2 amide bonds. The Bertz CT molecular complexity index is 1640. The number of nitrogens with zero attached hydrogens (tertiary/aromatic N) is 1. The molecule has 1 aromatic heterocycles. The van der Waals surface area contributed by atoms with Gasteiger partial charge in [0.1, 0.15) is 0 Å². The number of fused-ring (bicyclic) bond motifs is 7. The first kappa shape index (κ1) is 36.1. The summed E-state index contributed by atoms with van der Waals surface area (Å²) in [4.78, 5) is 43.1. The summed E-state index contributed by atoms with van der Waals surface area (Å²) < 4.78 is 4.72. The number of aliphatic hydroxyl groups excluding tert-OH is 1. The monoisotopic (exact) mass is 697 g/mol. The fourth-order valence-corrected chi connectivity index (χ4v) is 13.0. The quantitative estimate of drug-likeness (QED) is 0.250. The average Bonchev–Trinajstić information content (AvgIpc) is 3.58. The number of esters is 1. The highest BCUT2D eigenvalue weighted by Crippen LogP contribution is 2.73. The van der Waals surface area contributed by atoms with Crippen molar-refractivity contribution >= 4 is 17.8 Å². The van der Waals surface area contributed by atoms with Crippen molar-refractivity contribution in [3.63, 3.8) is 0 Å². The van der Waals surface area contributed by atoms with E-state index < -0.39 is 5.97 Å². The largest absolute Gasteiger partial charge is 0.465 e. The van der Waals surface area contributed by atoms with Crippen molar-refractivity contribution in [2.75, 3.05) is 13.7 Å². The predicted octanol–water partition coefficient (Wildman–Crippen LogP) is 7.28. The first-order chi connectivity index (χ1) is 24.3. The van der Waals surface area contributed by atoms with E-state index in [1.54, 1.807) is 18.2 Å². The van der Waals surface area contributed by atoms with E-state index in [1.807, 2.05) is 18.2 Å². The summed E-state index contributed by atoms with van der Waals surface area (Å²) in [6, 6.07) is 10.9. The van der Waals surface area contributed by atoms with Crippen LogP contribution >= 0.6 is 0 Å². The number of aromatic nitrogens is 1. The maximum atomic E-state index is 14.2. The molecule has 51 heavy (non-hydrogen) atoms. The van der Waals surface area contributed by atoms with Crippen LogP contribution in [0.4, 0.5) is 0 Å². The Balaban J connectivity index is 0.959. The normalized spacial score (nSPS) is 36.4. The van der Waals surface area contributed by atoms with E-state index in [1.165, 1.54) is 45.4 Å². The molecule has 5 saturated carbocycles. The molecule has 5 fully saturated rings. The Morgan fingerprint density at radius 1 is 0.843 bits per heavy atom. The van der Waals surface area contributed by atoms with Crippen LogP contribution in [-0.4, -0.2) is 47.6 Å². The predicted molar refractivity (Wildman–Crippen MR) is 197 cm³/mol. The second-order valence-electron chi connectivity index (χ2n) is 18.0. The third-order valence-corrected chi connectivity index (χ3v) is 15.5. The number of hydrogen-bond donors (Lipinski definition) is 3. The molecule has 5 aliphatic rings. The highest BCUT2D eigenvalue weighted by Gasteiger charge is 2.67. The fourth-order valence-electron chi connectivity index (χ4n) is 13.0. The lowest BCUT2D eigenvalue weighted by molar-refractivity contribution is -0.214. The Kier molecular flexibility index (Phi) is 9.64. The van der Waals surface area contributed by atoms with Crippen molar-refractivity contribution in [1.29, 1.82) is 0 Å². The van der Waals surface area contributed by atoms with Gasteiger partial charge in [0.2, 0.25) is 5.91 Å². The number of pyridine rings is 1. The minimum Gasteiger partial charge on any atom is -0.465 e. The van der Waals surface area contributed by atoms with E-state index >= 15 is 0 Å². The van der Waals surface area contributed by atoms with Gasteiger partial charge in [0.15, 0.2) is 0 Å². The summed E-state index contributed by atoms with van der Waals surface area (Å²) in [6.45, 7) is 10.7.